The summed E-state index contributed by atoms with van der Waals surface area (Å²) in [6, 6.07) is 0.113. The molecule has 0 spiro atoms. The molecule has 0 bridgehead atoms. The molecule has 1 atom stereocenters. The molecule has 1 N–H and O–H groups in total. The third-order valence-electron chi connectivity index (χ3n) is 4.05. The second-order valence-electron chi connectivity index (χ2n) is 6.58. The molecule has 0 aromatic carbocycles. The number of aryl methyl sites for hydroxylation is 2. The van der Waals surface area contributed by atoms with Crippen LogP contribution in [0.4, 0.5) is 0 Å². The first-order valence-electron chi connectivity index (χ1n) is 8.04. The first-order chi connectivity index (χ1) is 10.8. The molecule has 6 heteroatoms. The molecular weight excluding hydrogens is 310 g/mol. The lowest BCUT2D eigenvalue weighted by atomic mass is 10.0. The number of hydrogen-bond acceptors (Lipinski definition) is 4. The van der Waals surface area contributed by atoms with E-state index in [9.17, 15) is 9.59 Å². The van der Waals surface area contributed by atoms with Crippen molar-refractivity contribution in [1.82, 2.24) is 14.9 Å². The van der Waals surface area contributed by atoms with Gasteiger partial charge in [0.05, 0.1) is 11.7 Å². The van der Waals surface area contributed by atoms with E-state index in [2.05, 4.69) is 24.1 Å². The molecule has 0 saturated heterocycles. The van der Waals surface area contributed by atoms with Crippen LogP contribution in [0.5, 0.6) is 0 Å². The van der Waals surface area contributed by atoms with Gasteiger partial charge in [0.15, 0.2) is 0 Å². The molecule has 2 heterocycles. The van der Waals surface area contributed by atoms with Crippen LogP contribution in [0.1, 0.15) is 44.1 Å². The van der Waals surface area contributed by atoms with Crippen LogP contribution in [0.15, 0.2) is 11.1 Å². The highest BCUT2D eigenvalue weighted by molar-refractivity contribution is 7.18. The number of hydrogen-bond donors (Lipinski definition) is 1. The number of nitrogens with zero attached hydrogens (tertiary/aromatic N) is 2. The Bertz CT molecular complexity index is 761. The average molecular weight is 335 g/mol. The minimum Gasteiger partial charge on any atom is -0.352 e. The van der Waals surface area contributed by atoms with Crippen molar-refractivity contribution >= 4 is 27.5 Å². The summed E-state index contributed by atoms with van der Waals surface area (Å²) in [6.07, 6.45) is 3.49. The van der Waals surface area contributed by atoms with E-state index >= 15 is 0 Å². The molecule has 0 unspecified atom stereocenters. The number of carbonyl (C=O) groups is 1. The SMILES string of the molecule is Cc1sc2ncn(CC(=O)N[C@H](C)CCC(C)C)c(=O)c2c1C. The van der Waals surface area contributed by atoms with E-state index in [1.54, 1.807) is 0 Å². The van der Waals surface area contributed by atoms with Gasteiger partial charge in [-0.3, -0.25) is 14.2 Å². The zero-order valence-electron chi connectivity index (χ0n) is 14.5. The van der Waals surface area contributed by atoms with Crippen molar-refractivity contribution in [2.24, 2.45) is 5.92 Å². The largest absolute Gasteiger partial charge is 0.352 e. The Morgan fingerprint density at radius 3 is 2.65 bits per heavy atom. The lowest BCUT2D eigenvalue weighted by molar-refractivity contribution is -0.122. The normalized spacial score (nSPS) is 12.8. The van der Waals surface area contributed by atoms with E-state index in [1.165, 1.54) is 22.2 Å². The molecule has 0 fully saturated rings. The maximum atomic E-state index is 12.5. The van der Waals surface area contributed by atoms with Gasteiger partial charge in [-0.2, -0.15) is 0 Å². The molecule has 1 amide bonds. The Hall–Kier alpha value is -1.69. The summed E-state index contributed by atoms with van der Waals surface area (Å²) in [5.41, 5.74) is 0.824. The van der Waals surface area contributed by atoms with Crippen molar-refractivity contribution in [2.45, 2.75) is 60.0 Å². The Labute approximate surface area is 140 Å². The van der Waals surface area contributed by atoms with Crippen molar-refractivity contribution < 1.29 is 4.79 Å². The first-order valence-corrected chi connectivity index (χ1v) is 8.85. The van der Waals surface area contributed by atoms with E-state index < -0.39 is 0 Å². The van der Waals surface area contributed by atoms with Crippen LogP contribution in [-0.2, 0) is 11.3 Å². The van der Waals surface area contributed by atoms with Gasteiger partial charge in [-0.15, -0.1) is 11.3 Å². The molecule has 0 aliphatic carbocycles. The van der Waals surface area contributed by atoms with Crippen LogP contribution < -0.4 is 10.9 Å². The number of aromatic nitrogens is 2. The van der Waals surface area contributed by atoms with Crippen molar-refractivity contribution in [3.63, 3.8) is 0 Å². The standard InChI is InChI=1S/C17H25N3O2S/c1-10(2)6-7-11(3)19-14(21)8-20-9-18-16-15(17(20)22)12(4)13(5)23-16/h9-11H,6-8H2,1-5H3,(H,19,21)/t11-/m1/s1. The molecule has 0 aliphatic rings. The highest BCUT2D eigenvalue weighted by atomic mass is 32.1. The Balaban J connectivity index is 2.10. The van der Waals surface area contributed by atoms with Crippen LogP contribution >= 0.6 is 11.3 Å². The number of nitrogens with one attached hydrogen (secondary N) is 1. The summed E-state index contributed by atoms with van der Waals surface area (Å²) >= 11 is 1.52. The van der Waals surface area contributed by atoms with Crippen molar-refractivity contribution in [2.75, 3.05) is 0 Å². The Kier molecular flexibility index (Phi) is 5.57. The maximum absolute atomic E-state index is 12.5. The van der Waals surface area contributed by atoms with Gasteiger partial charge < -0.3 is 5.32 Å². The molecule has 2 rings (SSSR count). The minimum atomic E-state index is -0.144. The molecular formula is C17H25N3O2S. The van der Waals surface area contributed by atoms with E-state index in [1.807, 2.05) is 20.8 Å². The number of thiophene rings is 1. The summed E-state index contributed by atoms with van der Waals surface area (Å²) in [4.78, 5) is 30.8. The molecule has 23 heavy (non-hydrogen) atoms. The molecule has 2 aromatic rings. The van der Waals surface area contributed by atoms with Gasteiger partial charge in [0, 0.05) is 10.9 Å². The molecule has 0 saturated carbocycles. The summed E-state index contributed by atoms with van der Waals surface area (Å²) in [5, 5.41) is 3.59. The maximum Gasteiger partial charge on any atom is 0.262 e. The lowest BCUT2D eigenvalue weighted by Crippen LogP contribution is -2.37. The summed E-state index contributed by atoms with van der Waals surface area (Å²) < 4.78 is 1.39. The fraction of sp³-hybridized carbons (Fsp3) is 0.588. The van der Waals surface area contributed by atoms with Crippen LogP contribution in [-0.4, -0.2) is 21.5 Å². The zero-order chi connectivity index (χ0) is 17.1. The second kappa shape index (κ2) is 7.25. The summed E-state index contributed by atoms with van der Waals surface area (Å²) in [7, 11) is 0. The summed E-state index contributed by atoms with van der Waals surface area (Å²) in [5.74, 6) is 0.475. The quantitative estimate of drug-likeness (QED) is 0.882. The third kappa shape index (κ3) is 4.19. The van der Waals surface area contributed by atoms with Crippen LogP contribution in [0.3, 0.4) is 0 Å². The zero-order valence-corrected chi connectivity index (χ0v) is 15.3. The lowest BCUT2D eigenvalue weighted by Gasteiger charge is -2.15. The minimum absolute atomic E-state index is 0.0160. The van der Waals surface area contributed by atoms with Gasteiger partial charge >= 0.3 is 0 Å². The fourth-order valence-electron chi connectivity index (χ4n) is 2.51. The number of fused-ring (bicyclic) bond motifs is 1. The van der Waals surface area contributed by atoms with Crippen molar-refractivity contribution in [3.05, 3.63) is 27.1 Å². The molecule has 0 aliphatic heterocycles. The smallest absolute Gasteiger partial charge is 0.262 e. The topological polar surface area (TPSA) is 64.0 Å². The van der Waals surface area contributed by atoms with Gasteiger partial charge in [-0.05, 0) is 45.1 Å². The number of rotatable bonds is 6. The predicted molar refractivity (Wildman–Crippen MR) is 95.0 cm³/mol. The second-order valence-corrected chi connectivity index (χ2v) is 7.78. The molecule has 5 nitrogen and oxygen atoms in total. The number of carbonyl (C=O) groups excluding carboxylic acids is 1. The van der Waals surface area contributed by atoms with Gasteiger partial charge in [0.2, 0.25) is 5.91 Å². The van der Waals surface area contributed by atoms with Gasteiger partial charge in [-0.1, -0.05) is 13.8 Å². The average Bonchev–Trinajstić information content (AvgIpc) is 2.75. The van der Waals surface area contributed by atoms with E-state index in [0.717, 1.165) is 28.1 Å². The number of amides is 1. The first kappa shape index (κ1) is 17.7. The van der Waals surface area contributed by atoms with Gasteiger partial charge in [-0.25, -0.2) is 4.98 Å². The van der Waals surface area contributed by atoms with Crippen molar-refractivity contribution in [3.8, 4) is 0 Å². The molecule has 0 radical (unpaired) electrons. The highest BCUT2D eigenvalue weighted by Gasteiger charge is 2.14. The molecule has 126 valence electrons. The Morgan fingerprint density at radius 2 is 2.00 bits per heavy atom. The predicted octanol–water partition coefficient (Wildman–Crippen LogP) is 3.02. The van der Waals surface area contributed by atoms with Crippen LogP contribution in [0, 0.1) is 19.8 Å². The highest BCUT2D eigenvalue weighted by Crippen LogP contribution is 2.25. The van der Waals surface area contributed by atoms with Gasteiger partial charge in [0.1, 0.15) is 11.4 Å². The van der Waals surface area contributed by atoms with Crippen LogP contribution in [0.2, 0.25) is 0 Å². The fourth-order valence-corrected chi connectivity index (χ4v) is 3.50. The van der Waals surface area contributed by atoms with E-state index in [0.29, 0.717) is 11.3 Å². The Morgan fingerprint density at radius 1 is 1.30 bits per heavy atom. The van der Waals surface area contributed by atoms with Gasteiger partial charge in [0.25, 0.3) is 5.56 Å². The summed E-state index contributed by atoms with van der Waals surface area (Å²) in [6.45, 7) is 10.3. The van der Waals surface area contributed by atoms with Crippen LogP contribution in [0.25, 0.3) is 10.2 Å². The van der Waals surface area contributed by atoms with Crippen molar-refractivity contribution in [1.29, 1.82) is 0 Å². The third-order valence-corrected chi connectivity index (χ3v) is 5.17. The van der Waals surface area contributed by atoms with E-state index in [4.69, 9.17) is 0 Å². The van der Waals surface area contributed by atoms with E-state index in [-0.39, 0.29) is 24.1 Å². The monoisotopic (exact) mass is 335 g/mol. The molecule has 2 aromatic heterocycles.